The van der Waals surface area contributed by atoms with Gasteiger partial charge in [0.1, 0.15) is 5.75 Å². The van der Waals surface area contributed by atoms with Gasteiger partial charge in [0.25, 0.3) is 0 Å². The molecule has 0 aliphatic carbocycles. The quantitative estimate of drug-likeness (QED) is 0.244. The van der Waals surface area contributed by atoms with Crippen molar-refractivity contribution in [2.75, 3.05) is 6.61 Å². The van der Waals surface area contributed by atoms with Crippen molar-refractivity contribution in [1.82, 2.24) is 0 Å². The van der Waals surface area contributed by atoms with Gasteiger partial charge in [0.2, 0.25) is 0 Å². The third-order valence-electron chi connectivity index (χ3n) is 4.84. The lowest BCUT2D eigenvalue weighted by atomic mass is 10.0. The fraction of sp³-hybridized carbons (Fsp3) is 0.292. The van der Waals surface area contributed by atoms with Crippen molar-refractivity contribution in [3.05, 3.63) is 63.6 Å². The lowest BCUT2D eigenvalue weighted by molar-refractivity contribution is -0.136. The minimum absolute atomic E-state index is 0. The van der Waals surface area contributed by atoms with Gasteiger partial charge in [-0.2, -0.15) is 0 Å². The molecule has 0 heterocycles. The molecule has 7 heteroatoms. The molecule has 0 unspecified atom stereocenters. The number of phenols is 2. The van der Waals surface area contributed by atoms with E-state index in [1.165, 1.54) is 6.07 Å². The summed E-state index contributed by atoms with van der Waals surface area (Å²) in [6, 6.07) is 12.6. The van der Waals surface area contributed by atoms with Crippen LogP contribution in [0.25, 0.3) is 10.8 Å². The molecule has 0 fully saturated rings. The summed E-state index contributed by atoms with van der Waals surface area (Å²) in [5.41, 5.74) is 1.22. The number of carbonyl (C=O) groups is 1. The molecule has 0 radical (unpaired) electrons. The fourth-order valence-electron chi connectivity index (χ4n) is 3.30. The number of ether oxygens (including phenoxy) is 1. The highest BCUT2D eigenvalue weighted by Crippen LogP contribution is 2.40. The lowest BCUT2D eigenvalue weighted by Crippen LogP contribution is -2.00. The first kappa shape index (κ1) is 24.6. The molecule has 3 aromatic rings. The number of hydrogen-bond acceptors (Lipinski definition) is 4. The van der Waals surface area contributed by atoms with Crippen LogP contribution in [0.2, 0.25) is 10.0 Å². The van der Waals surface area contributed by atoms with Crippen LogP contribution in [0.4, 0.5) is 0 Å². The van der Waals surface area contributed by atoms with E-state index in [4.69, 9.17) is 33.0 Å². The van der Waals surface area contributed by atoms with E-state index in [-0.39, 0.29) is 35.4 Å². The highest BCUT2D eigenvalue weighted by molar-refractivity contribution is 6.42. The Bertz CT molecular complexity index is 1040. The number of phenolic OH excluding ortho intramolecular Hbond substituents is 2. The van der Waals surface area contributed by atoms with Gasteiger partial charge in [0, 0.05) is 11.6 Å². The molecule has 0 saturated heterocycles. The van der Waals surface area contributed by atoms with E-state index in [1.807, 2.05) is 36.4 Å². The third-order valence-corrected chi connectivity index (χ3v) is 5.66. The maximum atomic E-state index is 10.8. The Morgan fingerprint density at radius 3 is 2.39 bits per heavy atom. The number of carboxylic acids is 1. The van der Waals surface area contributed by atoms with Crippen LogP contribution in [0.5, 0.6) is 17.2 Å². The van der Waals surface area contributed by atoms with Gasteiger partial charge in [-0.1, -0.05) is 54.9 Å². The molecule has 0 spiro atoms. The molecule has 0 aromatic heterocycles. The lowest BCUT2D eigenvalue weighted by Gasteiger charge is -2.11. The molecule has 166 valence electrons. The molecule has 5 nitrogen and oxygen atoms in total. The van der Waals surface area contributed by atoms with E-state index >= 15 is 0 Å². The Labute approximate surface area is 191 Å². The average molecular weight is 465 g/mol. The second-order valence-corrected chi connectivity index (χ2v) is 7.88. The maximum Gasteiger partial charge on any atom is 0.307 e. The first-order valence-electron chi connectivity index (χ1n) is 9.61. The van der Waals surface area contributed by atoms with Gasteiger partial charge in [0.05, 0.1) is 23.1 Å². The molecule has 3 N–H and O–H groups in total. The van der Waals surface area contributed by atoms with E-state index in [0.29, 0.717) is 18.6 Å². The van der Waals surface area contributed by atoms with E-state index in [1.54, 1.807) is 0 Å². The smallest absolute Gasteiger partial charge is 0.307 e. The summed E-state index contributed by atoms with van der Waals surface area (Å²) >= 11 is 12.1. The molecular formula is C24H26Cl2O5. The molecule has 0 bridgehead atoms. The number of aliphatic carboxylic acids is 1. The Morgan fingerprint density at radius 1 is 0.935 bits per heavy atom. The van der Waals surface area contributed by atoms with Crippen LogP contribution in [0.3, 0.4) is 0 Å². The highest BCUT2D eigenvalue weighted by Gasteiger charge is 2.14. The van der Waals surface area contributed by atoms with E-state index in [2.05, 4.69) is 0 Å². The monoisotopic (exact) mass is 464 g/mol. The van der Waals surface area contributed by atoms with Crippen LogP contribution < -0.4 is 4.74 Å². The van der Waals surface area contributed by atoms with E-state index in [0.717, 1.165) is 41.3 Å². The van der Waals surface area contributed by atoms with Gasteiger partial charge >= 0.3 is 5.97 Å². The van der Waals surface area contributed by atoms with Gasteiger partial charge in [-0.3, -0.25) is 4.79 Å². The fourth-order valence-corrected chi connectivity index (χ4v) is 3.76. The Balaban J connectivity index is 0.00000341. The Kier molecular flexibility index (Phi) is 8.84. The molecule has 0 amide bonds. The number of hydrogen-bond donors (Lipinski definition) is 3. The molecule has 0 aliphatic rings. The number of fused-ring (bicyclic) bond motifs is 1. The van der Waals surface area contributed by atoms with Crippen molar-refractivity contribution in [1.29, 1.82) is 0 Å². The number of halogens is 2. The zero-order chi connectivity index (χ0) is 21.7. The summed E-state index contributed by atoms with van der Waals surface area (Å²) in [4.78, 5) is 10.8. The SMILES string of the molecule is C.O=C(O)Cc1ccc2cc(OCCCCCc3c(O)c(O)cc(Cl)c3Cl)ccc2c1. The van der Waals surface area contributed by atoms with Crippen LogP contribution >= 0.6 is 23.2 Å². The Morgan fingerprint density at radius 2 is 1.65 bits per heavy atom. The molecule has 0 aliphatic heterocycles. The summed E-state index contributed by atoms with van der Waals surface area (Å²) in [7, 11) is 0. The topological polar surface area (TPSA) is 87.0 Å². The largest absolute Gasteiger partial charge is 0.504 e. The minimum Gasteiger partial charge on any atom is -0.504 e. The van der Waals surface area contributed by atoms with Gasteiger partial charge in [-0.15, -0.1) is 0 Å². The van der Waals surface area contributed by atoms with Crippen LogP contribution in [0.1, 0.15) is 37.8 Å². The van der Waals surface area contributed by atoms with Crippen LogP contribution in [-0.2, 0) is 17.6 Å². The number of aromatic hydroxyl groups is 2. The predicted molar refractivity (Wildman–Crippen MR) is 125 cm³/mol. The van der Waals surface area contributed by atoms with Crippen LogP contribution in [0, 0.1) is 0 Å². The maximum absolute atomic E-state index is 10.8. The number of carboxylic acid groups (broad SMARTS) is 1. The highest BCUT2D eigenvalue weighted by atomic mass is 35.5. The van der Waals surface area contributed by atoms with Crippen molar-refractivity contribution < 1.29 is 24.9 Å². The predicted octanol–water partition coefficient (Wildman–Crippen LogP) is 6.61. The number of benzene rings is 3. The van der Waals surface area contributed by atoms with Gasteiger partial charge < -0.3 is 20.1 Å². The standard InChI is InChI=1S/C23H22Cl2O5.CH4/c24-19-13-20(26)23(29)18(22(19)25)4-2-1-3-9-30-17-8-7-15-10-14(11-21(27)28)5-6-16(15)12-17;/h5-8,10,12-13,26,29H,1-4,9,11H2,(H,27,28);1H4. The van der Waals surface area contributed by atoms with E-state index < -0.39 is 5.97 Å². The molecule has 0 atom stereocenters. The summed E-state index contributed by atoms with van der Waals surface area (Å²) in [6.45, 7) is 0.545. The first-order valence-corrected chi connectivity index (χ1v) is 10.4. The summed E-state index contributed by atoms with van der Waals surface area (Å²) in [5, 5.41) is 31.0. The van der Waals surface area contributed by atoms with Crippen molar-refractivity contribution in [3.8, 4) is 17.2 Å². The normalized spacial score (nSPS) is 10.6. The molecule has 0 saturated carbocycles. The van der Waals surface area contributed by atoms with Crippen molar-refractivity contribution >= 4 is 39.9 Å². The zero-order valence-electron chi connectivity index (χ0n) is 16.2. The molecular weight excluding hydrogens is 439 g/mol. The Hall–Kier alpha value is -2.63. The minimum atomic E-state index is -0.848. The zero-order valence-corrected chi connectivity index (χ0v) is 17.7. The van der Waals surface area contributed by atoms with Crippen molar-refractivity contribution in [2.24, 2.45) is 0 Å². The van der Waals surface area contributed by atoms with Crippen LogP contribution in [0.15, 0.2) is 42.5 Å². The molecule has 3 aromatic carbocycles. The molecule has 3 rings (SSSR count). The second kappa shape index (κ2) is 11.1. The summed E-state index contributed by atoms with van der Waals surface area (Å²) in [6.07, 6.45) is 2.95. The summed E-state index contributed by atoms with van der Waals surface area (Å²) in [5.74, 6) is -0.578. The van der Waals surface area contributed by atoms with E-state index in [9.17, 15) is 15.0 Å². The van der Waals surface area contributed by atoms with Gasteiger partial charge in [-0.05, 0) is 54.2 Å². The first-order chi connectivity index (χ1) is 14.3. The average Bonchev–Trinajstić information content (AvgIpc) is 2.70. The van der Waals surface area contributed by atoms with Gasteiger partial charge in [-0.25, -0.2) is 0 Å². The second-order valence-electron chi connectivity index (χ2n) is 7.09. The van der Waals surface area contributed by atoms with Crippen LogP contribution in [-0.4, -0.2) is 27.9 Å². The third kappa shape index (κ3) is 6.42. The summed E-state index contributed by atoms with van der Waals surface area (Å²) < 4.78 is 5.82. The number of unbranched alkanes of at least 4 members (excludes halogenated alkanes) is 2. The number of rotatable bonds is 9. The van der Waals surface area contributed by atoms with Gasteiger partial charge in [0.15, 0.2) is 11.5 Å². The van der Waals surface area contributed by atoms with Crippen molar-refractivity contribution in [2.45, 2.75) is 39.5 Å². The van der Waals surface area contributed by atoms with Crippen molar-refractivity contribution in [3.63, 3.8) is 0 Å². The molecule has 31 heavy (non-hydrogen) atoms.